The Bertz CT molecular complexity index is 524. The first-order chi connectivity index (χ1) is 8.72. The van der Waals surface area contributed by atoms with E-state index < -0.39 is 0 Å². The van der Waals surface area contributed by atoms with Crippen molar-refractivity contribution < 1.29 is 4.79 Å². The SMILES string of the molecule is CCN(Cc1ccccc1)C(=O)c1snnc1C. The monoisotopic (exact) mass is 261 g/mol. The molecule has 0 radical (unpaired) electrons. The van der Waals surface area contributed by atoms with Crippen LogP contribution in [-0.2, 0) is 6.54 Å². The molecule has 1 aromatic carbocycles. The van der Waals surface area contributed by atoms with Gasteiger partial charge in [-0.25, -0.2) is 0 Å². The molecule has 0 unspecified atom stereocenters. The average Bonchev–Trinajstić information content (AvgIpc) is 2.82. The molecule has 1 aromatic heterocycles. The zero-order valence-corrected chi connectivity index (χ0v) is 11.3. The van der Waals surface area contributed by atoms with Crippen molar-refractivity contribution in [1.82, 2.24) is 14.5 Å². The molecular weight excluding hydrogens is 246 g/mol. The third-order valence-electron chi connectivity index (χ3n) is 2.73. The molecule has 0 atom stereocenters. The van der Waals surface area contributed by atoms with E-state index in [0.717, 1.165) is 17.1 Å². The van der Waals surface area contributed by atoms with Gasteiger partial charge in [-0.3, -0.25) is 4.79 Å². The number of nitrogens with zero attached hydrogens (tertiary/aromatic N) is 3. The van der Waals surface area contributed by atoms with Gasteiger partial charge in [0.25, 0.3) is 5.91 Å². The Kier molecular flexibility index (Phi) is 4.04. The molecule has 94 valence electrons. The van der Waals surface area contributed by atoms with E-state index in [1.165, 1.54) is 0 Å². The van der Waals surface area contributed by atoms with Crippen molar-refractivity contribution in [2.45, 2.75) is 20.4 Å². The van der Waals surface area contributed by atoms with Gasteiger partial charge in [-0.15, -0.1) is 5.10 Å². The maximum absolute atomic E-state index is 12.3. The first-order valence-corrected chi connectivity index (χ1v) is 6.62. The van der Waals surface area contributed by atoms with Gasteiger partial charge >= 0.3 is 0 Å². The van der Waals surface area contributed by atoms with Crippen LogP contribution in [0.25, 0.3) is 0 Å². The molecule has 0 saturated carbocycles. The summed E-state index contributed by atoms with van der Waals surface area (Å²) in [4.78, 5) is 14.8. The van der Waals surface area contributed by atoms with E-state index in [2.05, 4.69) is 9.59 Å². The van der Waals surface area contributed by atoms with Crippen LogP contribution in [-0.4, -0.2) is 26.9 Å². The topological polar surface area (TPSA) is 46.1 Å². The number of aryl methyl sites for hydroxylation is 1. The van der Waals surface area contributed by atoms with E-state index in [0.29, 0.717) is 23.7 Å². The fourth-order valence-electron chi connectivity index (χ4n) is 1.70. The van der Waals surface area contributed by atoms with Crippen LogP contribution in [0.4, 0.5) is 0 Å². The Morgan fingerprint density at radius 1 is 1.33 bits per heavy atom. The van der Waals surface area contributed by atoms with Crippen LogP contribution in [0.15, 0.2) is 30.3 Å². The van der Waals surface area contributed by atoms with Crippen LogP contribution in [0.1, 0.15) is 27.9 Å². The maximum atomic E-state index is 12.3. The lowest BCUT2D eigenvalue weighted by atomic mass is 10.2. The fraction of sp³-hybridized carbons (Fsp3) is 0.308. The van der Waals surface area contributed by atoms with Crippen molar-refractivity contribution in [3.8, 4) is 0 Å². The molecule has 1 amide bonds. The normalized spacial score (nSPS) is 10.3. The summed E-state index contributed by atoms with van der Waals surface area (Å²) < 4.78 is 3.81. The molecule has 0 N–H and O–H groups in total. The molecule has 2 rings (SSSR count). The predicted octanol–water partition coefficient (Wildman–Crippen LogP) is 2.51. The quantitative estimate of drug-likeness (QED) is 0.849. The van der Waals surface area contributed by atoms with Gasteiger partial charge in [0.05, 0.1) is 5.69 Å². The zero-order valence-electron chi connectivity index (χ0n) is 10.5. The fourth-order valence-corrected chi connectivity index (χ4v) is 2.33. The first-order valence-electron chi connectivity index (χ1n) is 5.84. The summed E-state index contributed by atoms with van der Waals surface area (Å²) in [5.41, 5.74) is 1.83. The highest BCUT2D eigenvalue weighted by molar-refractivity contribution is 7.07. The van der Waals surface area contributed by atoms with E-state index in [1.807, 2.05) is 44.2 Å². The molecule has 0 fully saturated rings. The molecular formula is C13H15N3OS. The molecule has 0 saturated heterocycles. The molecule has 1 heterocycles. The highest BCUT2D eigenvalue weighted by Gasteiger charge is 2.19. The predicted molar refractivity (Wildman–Crippen MR) is 71.5 cm³/mol. The van der Waals surface area contributed by atoms with Gasteiger partial charge in [-0.05, 0) is 30.9 Å². The largest absolute Gasteiger partial charge is 0.334 e. The van der Waals surface area contributed by atoms with Gasteiger partial charge in [-0.1, -0.05) is 34.8 Å². The lowest BCUT2D eigenvalue weighted by Gasteiger charge is -2.20. The summed E-state index contributed by atoms with van der Waals surface area (Å²) >= 11 is 1.16. The van der Waals surface area contributed by atoms with Crippen LogP contribution < -0.4 is 0 Å². The minimum Gasteiger partial charge on any atom is -0.334 e. The van der Waals surface area contributed by atoms with Crippen molar-refractivity contribution in [1.29, 1.82) is 0 Å². The number of carbonyl (C=O) groups is 1. The number of rotatable bonds is 4. The molecule has 0 aliphatic heterocycles. The molecule has 0 spiro atoms. The Labute approximate surface area is 110 Å². The van der Waals surface area contributed by atoms with Gasteiger partial charge in [0.15, 0.2) is 0 Å². The van der Waals surface area contributed by atoms with Crippen molar-refractivity contribution in [3.63, 3.8) is 0 Å². The summed E-state index contributed by atoms with van der Waals surface area (Å²) in [6.45, 7) is 5.08. The van der Waals surface area contributed by atoms with Gasteiger partial charge in [-0.2, -0.15) is 0 Å². The lowest BCUT2D eigenvalue weighted by molar-refractivity contribution is 0.0756. The van der Waals surface area contributed by atoms with Crippen LogP contribution in [0.5, 0.6) is 0 Å². The van der Waals surface area contributed by atoms with E-state index in [-0.39, 0.29) is 5.91 Å². The second-order valence-electron chi connectivity index (χ2n) is 3.99. The smallest absolute Gasteiger partial charge is 0.267 e. The van der Waals surface area contributed by atoms with Gasteiger partial charge in [0.2, 0.25) is 0 Å². The molecule has 5 heteroatoms. The van der Waals surface area contributed by atoms with Crippen molar-refractivity contribution in [2.24, 2.45) is 0 Å². The Morgan fingerprint density at radius 3 is 2.61 bits per heavy atom. The van der Waals surface area contributed by atoms with E-state index in [1.54, 1.807) is 4.90 Å². The van der Waals surface area contributed by atoms with Crippen molar-refractivity contribution in [2.75, 3.05) is 6.54 Å². The summed E-state index contributed by atoms with van der Waals surface area (Å²) in [5, 5.41) is 3.88. The molecule has 0 aliphatic carbocycles. The highest BCUT2D eigenvalue weighted by Crippen LogP contribution is 2.14. The molecule has 4 nitrogen and oxygen atoms in total. The molecule has 0 aliphatic rings. The Hall–Kier alpha value is -1.75. The minimum absolute atomic E-state index is 0.00820. The van der Waals surface area contributed by atoms with Gasteiger partial charge in [0, 0.05) is 13.1 Å². The van der Waals surface area contributed by atoms with Crippen LogP contribution in [0, 0.1) is 6.92 Å². The van der Waals surface area contributed by atoms with Crippen molar-refractivity contribution in [3.05, 3.63) is 46.5 Å². The summed E-state index contributed by atoms with van der Waals surface area (Å²) in [5.74, 6) is 0.00820. The van der Waals surface area contributed by atoms with Gasteiger partial charge in [0.1, 0.15) is 4.88 Å². The first kappa shape index (κ1) is 12.7. The lowest BCUT2D eigenvalue weighted by Crippen LogP contribution is -2.30. The summed E-state index contributed by atoms with van der Waals surface area (Å²) in [7, 11) is 0. The van der Waals surface area contributed by atoms with E-state index in [9.17, 15) is 4.79 Å². The molecule has 0 bridgehead atoms. The average molecular weight is 261 g/mol. The van der Waals surface area contributed by atoms with Crippen LogP contribution >= 0.6 is 11.5 Å². The van der Waals surface area contributed by atoms with Crippen molar-refractivity contribution >= 4 is 17.4 Å². The number of hydrogen-bond acceptors (Lipinski definition) is 4. The minimum atomic E-state index is 0.00820. The number of carbonyl (C=O) groups excluding carboxylic acids is 1. The van der Waals surface area contributed by atoms with Crippen LogP contribution in [0.2, 0.25) is 0 Å². The maximum Gasteiger partial charge on any atom is 0.267 e. The van der Waals surface area contributed by atoms with E-state index >= 15 is 0 Å². The second kappa shape index (κ2) is 5.73. The second-order valence-corrected chi connectivity index (χ2v) is 4.75. The van der Waals surface area contributed by atoms with Crippen LogP contribution in [0.3, 0.4) is 0 Å². The van der Waals surface area contributed by atoms with Gasteiger partial charge < -0.3 is 4.90 Å². The number of aromatic nitrogens is 2. The molecule has 18 heavy (non-hydrogen) atoms. The zero-order chi connectivity index (χ0) is 13.0. The third-order valence-corrected chi connectivity index (χ3v) is 3.55. The van der Waals surface area contributed by atoms with E-state index in [4.69, 9.17) is 0 Å². The standard InChI is InChI=1S/C13H15N3OS/c1-3-16(9-11-7-5-4-6-8-11)13(17)12-10(2)14-15-18-12/h4-8H,3,9H2,1-2H3. The third kappa shape index (κ3) is 2.73. The Balaban J connectivity index is 2.15. The number of hydrogen-bond donors (Lipinski definition) is 0. The number of benzene rings is 1. The highest BCUT2D eigenvalue weighted by atomic mass is 32.1. The molecule has 2 aromatic rings. The Morgan fingerprint density at radius 2 is 2.06 bits per heavy atom. The summed E-state index contributed by atoms with van der Waals surface area (Å²) in [6.07, 6.45) is 0. The number of amides is 1. The summed E-state index contributed by atoms with van der Waals surface area (Å²) in [6, 6.07) is 9.97.